The number of carbonyl (C=O) groups is 2. The van der Waals surface area contributed by atoms with Gasteiger partial charge in [-0.1, -0.05) is 0 Å². The number of carbonyl (C=O) groups excluding carboxylic acids is 1. The smallest absolute Gasteiger partial charge is 0.326 e. The zero-order valence-electron chi connectivity index (χ0n) is 8.69. The van der Waals surface area contributed by atoms with Gasteiger partial charge in [0.2, 0.25) is 5.91 Å². The van der Waals surface area contributed by atoms with Gasteiger partial charge >= 0.3 is 5.97 Å². The maximum absolute atomic E-state index is 11.0. The lowest BCUT2D eigenvalue weighted by Crippen LogP contribution is -2.43. The molecule has 2 N–H and O–H groups in total. The Bertz CT molecular complexity index is 272. The topological polar surface area (TPSA) is 99.4 Å². The van der Waals surface area contributed by atoms with Gasteiger partial charge in [0.1, 0.15) is 12.6 Å². The number of nitrogens with zero attached hydrogens (tertiary/aromatic N) is 1. The Morgan fingerprint density at radius 2 is 2.20 bits per heavy atom. The number of nitriles is 1. The molecule has 15 heavy (non-hydrogen) atoms. The standard InChI is InChI=1S/C9H14N2O4/c1-6(4-10)3-7(9(13)14)11-8(12)5-15-2/h6-7H,3,5H2,1-2H3,(H,11,12)(H,13,14)/t6-,7+/m0/s1. The third-order valence-corrected chi connectivity index (χ3v) is 1.72. The molecule has 84 valence electrons. The minimum Gasteiger partial charge on any atom is -0.480 e. The molecule has 6 heteroatoms. The molecule has 0 aromatic rings. The molecule has 0 rings (SSSR count). The molecule has 0 saturated carbocycles. The third-order valence-electron chi connectivity index (χ3n) is 1.72. The monoisotopic (exact) mass is 214 g/mol. The Labute approximate surface area is 87.8 Å². The van der Waals surface area contributed by atoms with Crippen LogP contribution in [0.4, 0.5) is 0 Å². The van der Waals surface area contributed by atoms with Crippen LogP contribution in [0.5, 0.6) is 0 Å². The van der Waals surface area contributed by atoms with E-state index in [1.165, 1.54) is 7.11 Å². The van der Waals surface area contributed by atoms with E-state index in [0.29, 0.717) is 0 Å². The number of carboxylic acid groups (broad SMARTS) is 1. The van der Waals surface area contributed by atoms with Crippen LogP contribution in [0.15, 0.2) is 0 Å². The summed E-state index contributed by atoms with van der Waals surface area (Å²) in [5.74, 6) is -2.08. The summed E-state index contributed by atoms with van der Waals surface area (Å²) in [5, 5.41) is 19.6. The van der Waals surface area contributed by atoms with E-state index in [0.717, 1.165) is 0 Å². The van der Waals surface area contributed by atoms with Gasteiger partial charge in [0.25, 0.3) is 0 Å². The summed E-state index contributed by atoms with van der Waals surface area (Å²) in [4.78, 5) is 21.8. The number of rotatable bonds is 6. The molecule has 1 amide bonds. The quantitative estimate of drug-likeness (QED) is 0.635. The lowest BCUT2D eigenvalue weighted by Gasteiger charge is -2.14. The minimum absolute atomic E-state index is 0.0846. The average Bonchev–Trinajstić information content (AvgIpc) is 2.16. The molecule has 0 unspecified atom stereocenters. The zero-order chi connectivity index (χ0) is 11.8. The summed E-state index contributed by atoms with van der Waals surface area (Å²) in [6.45, 7) is 1.41. The Morgan fingerprint density at radius 3 is 2.60 bits per heavy atom. The first kappa shape index (κ1) is 13.4. The summed E-state index contributed by atoms with van der Waals surface area (Å²) < 4.78 is 4.55. The number of ether oxygens (including phenoxy) is 1. The number of hydrogen-bond acceptors (Lipinski definition) is 4. The van der Waals surface area contributed by atoms with E-state index in [1.807, 2.05) is 6.07 Å². The van der Waals surface area contributed by atoms with Crippen LogP contribution in [-0.4, -0.2) is 36.7 Å². The molecule has 0 heterocycles. The van der Waals surface area contributed by atoms with Gasteiger partial charge in [0.15, 0.2) is 0 Å². The molecule has 2 atom stereocenters. The fraction of sp³-hybridized carbons (Fsp3) is 0.667. The first-order valence-electron chi connectivity index (χ1n) is 4.42. The van der Waals surface area contributed by atoms with Gasteiger partial charge in [0.05, 0.1) is 6.07 Å². The summed E-state index contributed by atoms with van der Waals surface area (Å²) in [7, 11) is 1.34. The molecule has 0 aliphatic heterocycles. The van der Waals surface area contributed by atoms with Crippen molar-refractivity contribution in [2.45, 2.75) is 19.4 Å². The molecule has 0 fully saturated rings. The van der Waals surface area contributed by atoms with Crippen molar-refractivity contribution >= 4 is 11.9 Å². The molecular formula is C9H14N2O4. The van der Waals surface area contributed by atoms with Crippen LogP contribution in [-0.2, 0) is 14.3 Å². The van der Waals surface area contributed by atoms with Crippen molar-refractivity contribution in [3.05, 3.63) is 0 Å². The number of aliphatic carboxylic acids is 1. The largest absolute Gasteiger partial charge is 0.480 e. The van der Waals surface area contributed by atoms with E-state index >= 15 is 0 Å². The fourth-order valence-electron chi connectivity index (χ4n) is 0.995. The van der Waals surface area contributed by atoms with Crippen molar-refractivity contribution in [1.29, 1.82) is 5.26 Å². The minimum atomic E-state index is -1.15. The highest BCUT2D eigenvalue weighted by atomic mass is 16.5. The molecule has 0 aliphatic carbocycles. The lowest BCUT2D eigenvalue weighted by atomic mass is 10.0. The fourth-order valence-corrected chi connectivity index (χ4v) is 0.995. The maximum atomic E-state index is 11.0. The van der Waals surface area contributed by atoms with Gasteiger partial charge in [-0.05, 0) is 13.3 Å². The zero-order valence-corrected chi connectivity index (χ0v) is 8.69. The predicted octanol–water partition coefficient (Wildman–Crippen LogP) is -0.248. The molecule has 0 aromatic heterocycles. The van der Waals surface area contributed by atoms with E-state index in [9.17, 15) is 9.59 Å². The van der Waals surface area contributed by atoms with E-state index in [4.69, 9.17) is 10.4 Å². The second-order valence-electron chi connectivity index (χ2n) is 3.16. The molecule has 0 saturated heterocycles. The molecular weight excluding hydrogens is 200 g/mol. The first-order chi connectivity index (χ1) is 7.01. The van der Waals surface area contributed by atoms with Gasteiger partial charge in [0, 0.05) is 13.0 Å². The molecule has 6 nitrogen and oxygen atoms in total. The highest BCUT2D eigenvalue weighted by Crippen LogP contribution is 2.04. The van der Waals surface area contributed by atoms with Crippen LogP contribution in [0.2, 0.25) is 0 Å². The van der Waals surface area contributed by atoms with Gasteiger partial charge in [-0.3, -0.25) is 4.79 Å². The number of methoxy groups -OCH3 is 1. The summed E-state index contributed by atoms with van der Waals surface area (Å²) >= 11 is 0. The second-order valence-corrected chi connectivity index (χ2v) is 3.16. The Balaban J connectivity index is 4.23. The van der Waals surface area contributed by atoms with E-state index in [-0.39, 0.29) is 13.0 Å². The highest BCUT2D eigenvalue weighted by Gasteiger charge is 2.22. The Morgan fingerprint density at radius 1 is 1.60 bits per heavy atom. The predicted molar refractivity (Wildman–Crippen MR) is 50.8 cm³/mol. The highest BCUT2D eigenvalue weighted by molar-refractivity contribution is 5.84. The van der Waals surface area contributed by atoms with Gasteiger partial charge < -0.3 is 15.2 Å². The summed E-state index contributed by atoms with van der Waals surface area (Å²) in [6, 6.07) is 0.870. The van der Waals surface area contributed by atoms with Gasteiger partial charge in [-0.25, -0.2) is 4.79 Å². The van der Waals surface area contributed by atoms with Crippen LogP contribution < -0.4 is 5.32 Å². The molecule has 0 bridgehead atoms. The maximum Gasteiger partial charge on any atom is 0.326 e. The van der Waals surface area contributed by atoms with Crippen molar-refractivity contribution in [2.24, 2.45) is 5.92 Å². The van der Waals surface area contributed by atoms with Crippen LogP contribution in [0.3, 0.4) is 0 Å². The summed E-state index contributed by atoms with van der Waals surface area (Å²) in [6.07, 6.45) is 0.0846. The van der Waals surface area contributed by atoms with Crippen molar-refractivity contribution < 1.29 is 19.4 Å². The first-order valence-corrected chi connectivity index (χ1v) is 4.42. The van der Waals surface area contributed by atoms with E-state index < -0.39 is 23.8 Å². The van der Waals surface area contributed by atoms with Crippen LogP contribution >= 0.6 is 0 Å². The van der Waals surface area contributed by atoms with Crippen molar-refractivity contribution in [1.82, 2.24) is 5.32 Å². The normalized spacial score (nSPS) is 13.7. The Hall–Kier alpha value is -1.61. The second kappa shape index (κ2) is 6.79. The number of carboxylic acids is 1. The summed E-state index contributed by atoms with van der Waals surface area (Å²) in [5.41, 5.74) is 0. The SMILES string of the molecule is COCC(=O)N[C@H](C[C@H](C)C#N)C(=O)O. The number of hydrogen-bond donors (Lipinski definition) is 2. The number of nitrogens with one attached hydrogen (secondary N) is 1. The van der Waals surface area contributed by atoms with Crippen molar-refractivity contribution in [3.63, 3.8) is 0 Å². The molecule has 0 aliphatic rings. The van der Waals surface area contributed by atoms with Crippen LogP contribution in [0.25, 0.3) is 0 Å². The van der Waals surface area contributed by atoms with Crippen LogP contribution in [0, 0.1) is 17.2 Å². The van der Waals surface area contributed by atoms with Gasteiger partial charge in [-0.2, -0.15) is 5.26 Å². The van der Waals surface area contributed by atoms with E-state index in [2.05, 4.69) is 10.1 Å². The Kier molecular flexibility index (Phi) is 6.06. The van der Waals surface area contributed by atoms with Crippen molar-refractivity contribution in [3.8, 4) is 6.07 Å². The average molecular weight is 214 g/mol. The number of amides is 1. The molecule has 0 aromatic carbocycles. The van der Waals surface area contributed by atoms with Gasteiger partial charge in [-0.15, -0.1) is 0 Å². The van der Waals surface area contributed by atoms with Crippen LogP contribution in [0.1, 0.15) is 13.3 Å². The van der Waals surface area contributed by atoms with Crippen molar-refractivity contribution in [2.75, 3.05) is 13.7 Å². The third kappa shape index (κ3) is 5.65. The molecule has 0 spiro atoms. The lowest BCUT2D eigenvalue weighted by molar-refractivity contribution is -0.142. The molecule has 0 radical (unpaired) electrons. The van der Waals surface area contributed by atoms with E-state index in [1.54, 1.807) is 6.92 Å².